The number of aliphatic hydroxyl groups is 1. The van der Waals surface area contributed by atoms with Gasteiger partial charge in [-0.1, -0.05) is 12.1 Å². The average molecular weight is 435 g/mol. The summed E-state index contributed by atoms with van der Waals surface area (Å²) in [6.07, 6.45) is -4.52. The molecule has 0 saturated carbocycles. The SMILES string of the molecule is OC1CCN(c2nc(Nc3cccc(C(F)(F)F)c3)nc(Nc3cccc(F)n3)n2)C1. The van der Waals surface area contributed by atoms with Gasteiger partial charge in [0.1, 0.15) is 5.82 Å². The van der Waals surface area contributed by atoms with E-state index in [9.17, 15) is 22.7 Å². The van der Waals surface area contributed by atoms with Crippen LogP contribution in [0.4, 0.5) is 46.9 Å². The first-order chi connectivity index (χ1) is 14.8. The molecule has 0 bridgehead atoms. The van der Waals surface area contributed by atoms with E-state index in [0.717, 1.165) is 12.1 Å². The molecule has 3 aromatic rings. The Hall–Kier alpha value is -3.54. The Morgan fingerprint density at radius 3 is 2.39 bits per heavy atom. The maximum absolute atomic E-state index is 13.4. The molecule has 1 fully saturated rings. The zero-order chi connectivity index (χ0) is 22.0. The molecule has 1 unspecified atom stereocenters. The summed E-state index contributed by atoms with van der Waals surface area (Å²) in [6.45, 7) is 0.788. The van der Waals surface area contributed by atoms with Crippen LogP contribution in [0.2, 0.25) is 0 Å². The minimum absolute atomic E-state index is 0.0129. The van der Waals surface area contributed by atoms with E-state index in [1.807, 2.05) is 0 Å². The second-order valence-corrected chi connectivity index (χ2v) is 6.85. The fourth-order valence-corrected chi connectivity index (χ4v) is 3.04. The number of benzene rings is 1. The largest absolute Gasteiger partial charge is 0.416 e. The Balaban J connectivity index is 1.66. The van der Waals surface area contributed by atoms with E-state index in [1.54, 1.807) is 4.90 Å². The standard InChI is InChI=1S/C19H17F4N7O/c20-14-5-2-6-15(25-14)26-17-27-16(28-18(29-17)30-8-7-13(31)10-30)24-12-4-1-3-11(9-12)19(21,22)23/h1-6,9,13,31H,7-8,10H2,(H2,24,25,26,27,28,29). The highest BCUT2D eigenvalue weighted by atomic mass is 19.4. The second-order valence-electron chi connectivity index (χ2n) is 6.85. The number of hydrogen-bond acceptors (Lipinski definition) is 8. The normalized spacial score (nSPS) is 16.4. The van der Waals surface area contributed by atoms with Crippen LogP contribution in [0.1, 0.15) is 12.0 Å². The molecular formula is C19H17F4N7O. The van der Waals surface area contributed by atoms with Crippen molar-refractivity contribution in [1.29, 1.82) is 0 Å². The van der Waals surface area contributed by atoms with Gasteiger partial charge < -0.3 is 20.6 Å². The first-order valence-electron chi connectivity index (χ1n) is 9.29. The molecule has 162 valence electrons. The summed E-state index contributed by atoms with van der Waals surface area (Å²) in [5.41, 5.74) is -0.694. The van der Waals surface area contributed by atoms with Gasteiger partial charge in [-0.05, 0) is 36.8 Å². The smallest absolute Gasteiger partial charge is 0.391 e. The molecule has 3 heterocycles. The lowest BCUT2D eigenvalue weighted by Gasteiger charge is -2.17. The van der Waals surface area contributed by atoms with Gasteiger partial charge in [0.05, 0.1) is 11.7 Å². The van der Waals surface area contributed by atoms with Crippen molar-refractivity contribution < 1.29 is 22.7 Å². The van der Waals surface area contributed by atoms with Crippen LogP contribution in [0.15, 0.2) is 42.5 Å². The Kier molecular flexibility index (Phi) is 5.55. The number of nitrogens with zero attached hydrogens (tertiary/aromatic N) is 5. The second kappa shape index (κ2) is 8.30. The number of hydrogen-bond donors (Lipinski definition) is 3. The van der Waals surface area contributed by atoms with Gasteiger partial charge in [-0.3, -0.25) is 0 Å². The van der Waals surface area contributed by atoms with Crippen LogP contribution in [0.3, 0.4) is 0 Å². The van der Waals surface area contributed by atoms with Crippen molar-refractivity contribution in [2.45, 2.75) is 18.7 Å². The molecule has 3 N–H and O–H groups in total. The summed E-state index contributed by atoms with van der Waals surface area (Å²) in [5, 5.41) is 15.3. The van der Waals surface area contributed by atoms with Crippen LogP contribution in [0.5, 0.6) is 0 Å². The fraction of sp³-hybridized carbons (Fsp3) is 0.263. The highest BCUT2D eigenvalue weighted by Crippen LogP contribution is 2.31. The van der Waals surface area contributed by atoms with Crippen molar-refractivity contribution in [2.24, 2.45) is 0 Å². The molecule has 0 radical (unpaired) electrons. The van der Waals surface area contributed by atoms with E-state index in [4.69, 9.17) is 0 Å². The van der Waals surface area contributed by atoms with E-state index < -0.39 is 23.8 Å². The number of aromatic nitrogens is 4. The Morgan fingerprint density at radius 1 is 0.968 bits per heavy atom. The molecule has 0 spiro atoms. The quantitative estimate of drug-likeness (QED) is 0.414. The lowest BCUT2D eigenvalue weighted by atomic mass is 10.2. The van der Waals surface area contributed by atoms with Crippen LogP contribution in [0.25, 0.3) is 0 Å². The summed E-state index contributed by atoms with van der Waals surface area (Å²) >= 11 is 0. The zero-order valence-electron chi connectivity index (χ0n) is 15.9. The molecule has 0 amide bonds. The summed E-state index contributed by atoms with van der Waals surface area (Å²) in [5.74, 6) is -0.364. The minimum Gasteiger partial charge on any atom is -0.391 e. The topological polar surface area (TPSA) is 99.1 Å². The van der Waals surface area contributed by atoms with E-state index in [-0.39, 0.29) is 29.4 Å². The van der Waals surface area contributed by atoms with Crippen LogP contribution in [0, 0.1) is 5.95 Å². The highest BCUT2D eigenvalue weighted by Gasteiger charge is 2.30. The summed E-state index contributed by atoms with van der Waals surface area (Å²) in [6, 6.07) is 8.73. The van der Waals surface area contributed by atoms with E-state index in [1.165, 1.54) is 30.3 Å². The molecule has 1 aromatic carbocycles. The molecule has 2 aromatic heterocycles. The Morgan fingerprint density at radius 2 is 1.71 bits per heavy atom. The monoisotopic (exact) mass is 435 g/mol. The van der Waals surface area contributed by atoms with Crippen LogP contribution in [-0.2, 0) is 6.18 Å². The van der Waals surface area contributed by atoms with Crippen LogP contribution >= 0.6 is 0 Å². The van der Waals surface area contributed by atoms with Gasteiger partial charge in [0, 0.05) is 18.8 Å². The van der Waals surface area contributed by atoms with Gasteiger partial charge >= 0.3 is 6.18 Å². The molecule has 8 nitrogen and oxygen atoms in total. The molecule has 1 saturated heterocycles. The lowest BCUT2D eigenvalue weighted by molar-refractivity contribution is -0.137. The fourth-order valence-electron chi connectivity index (χ4n) is 3.04. The summed E-state index contributed by atoms with van der Waals surface area (Å²) in [7, 11) is 0. The van der Waals surface area contributed by atoms with Gasteiger partial charge in [-0.25, -0.2) is 4.98 Å². The van der Waals surface area contributed by atoms with Gasteiger partial charge in [0.15, 0.2) is 0 Å². The predicted molar refractivity (Wildman–Crippen MR) is 105 cm³/mol. The third kappa shape index (κ3) is 5.15. The number of halogens is 4. The number of pyridine rings is 1. The number of nitrogens with one attached hydrogen (secondary N) is 2. The lowest BCUT2D eigenvalue weighted by Crippen LogP contribution is -2.24. The summed E-state index contributed by atoms with van der Waals surface area (Å²) < 4.78 is 52.4. The number of aliphatic hydroxyl groups excluding tert-OH is 1. The molecule has 1 atom stereocenters. The number of alkyl halides is 3. The van der Waals surface area contributed by atoms with Crippen LogP contribution in [-0.4, -0.2) is 44.2 Å². The van der Waals surface area contributed by atoms with Gasteiger partial charge in [-0.2, -0.15) is 32.5 Å². The maximum Gasteiger partial charge on any atom is 0.416 e. The molecule has 1 aliphatic heterocycles. The molecule has 1 aliphatic rings. The molecule has 0 aliphatic carbocycles. The van der Waals surface area contributed by atoms with Crippen LogP contribution < -0.4 is 15.5 Å². The summed E-state index contributed by atoms with van der Waals surface area (Å²) in [4.78, 5) is 18.1. The maximum atomic E-state index is 13.4. The first kappa shape index (κ1) is 20.7. The third-order valence-corrected chi connectivity index (χ3v) is 4.47. The zero-order valence-corrected chi connectivity index (χ0v) is 15.9. The molecule has 4 rings (SSSR count). The minimum atomic E-state index is -4.50. The molecule has 31 heavy (non-hydrogen) atoms. The van der Waals surface area contributed by atoms with Crippen molar-refractivity contribution >= 4 is 29.4 Å². The van der Waals surface area contributed by atoms with Gasteiger partial charge in [0.2, 0.25) is 23.8 Å². The highest BCUT2D eigenvalue weighted by molar-refractivity contribution is 5.59. The van der Waals surface area contributed by atoms with E-state index >= 15 is 0 Å². The van der Waals surface area contributed by atoms with Gasteiger partial charge in [-0.15, -0.1) is 0 Å². The Labute approximate surface area is 174 Å². The van der Waals surface area contributed by atoms with Gasteiger partial charge in [0.25, 0.3) is 0 Å². The van der Waals surface area contributed by atoms with Crippen molar-refractivity contribution in [3.05, 3.63) is 54.0 Å². The van der Waals surface area contributed by atoms with E-state index in [0.29, 0.717) is 19.5 Å². The number of β-amino-alcohol motifs (C(OH)–C–C–N with tert-alkyl or cyclic N) is 1. The number of rotatable bonds is 5. The van der Waals surface area contributed by atoms with Crippen molar-refractivity contribution in [3.63, 3.8) is 0 Å². The molecular weight excluding hydrogens is 418 g/mol. The average Bonchev–Trinajstić information content (AvgIpc) is 3.14. The predicted octanol–water partition coefficient (Wildman–Crippen LogP) is 3.48. The first-order valence-corrected chi connectivity index (χ1v) is 9.29. The van der Waals surface area contributed by atoms with E-state index in [2.05, 4.69) is 30.6 Å². The third-order valence-electron chi connectivity index (χ3n) is 4.47. The van der Waals surface area contributed by atoms with Crippen molar-refractivity contribution in [3.8, 4) is 0 Å². The van der Waals surface area contributed by atoms with Crippen molar-refractivity contribution in [1.82, 2.24) is 19.9 Å². The van der Waals surface area contributed by atoms with Crippen molar-refractivity contribution in [2.75, 3.05) is 28.6 Å². The number of anilines is 5. The Bertz CT molecular complexity index is 1080. The molecule has 12 heteroatoms.